The van der Waals surface area contributed by atoms with Crippen molar-refractivity contribution in [2.75, 3.05) is 5.73 Å². The minimum atomic E-state index is -2.26. The SMILES string of the molecule is CC(C)(C)[Si](C)(C)OC1C(/C=N\O)OC(n2cnc3c(N)ncnc32)C1O[Si](C)(C)C(C)(C)C. The van der Waals surface area contributed by atoms with Crippen molar-refractivity contribution >= 4 is 39.8 Å². The predicted octanol–water partition coefficient (Wildman–Crippen LogP) is 4.55. The number of rotatable bonds is 6. The number of hydrogen-bond donors (Lipinski definition) is 2. The minimum Gasteiger partial charge on any atom is -0.411 e. The van der Waals surface area contributed by atoms with Gasteiger partial charge >= 0.3 is 0 Å². The number of imidazole rings is 1. The Bertz CT molecular complexity index is 1040. The number of fused-ring (bicyclic) bond motifs is 1. The third-order valence-electron chi connectivity index (χ3n) is 7.57. The lowest BCUT2D eigenvalue weighted by Crippen LogP contribution is -2.53. The van der Waals surface area contributed by atoms with Crippen LogP contribution in [0, 0.1) is 0 Å². The lowest BCUT2D eigenvalue weighted by molar-refractivity contribution is -0.0153. The Morgan fingerprint density at radius 3 is 2.09 bits per heavy atom. The van der Waals surface area contributed by atoms with Gasteiger partial charge in [-0.3, -0.25) is 4.57 Å². The topological polar surface area (TPSA) is 130 Å². The van der Waals surface area contributed by atoms with Crippen LogP contribution in [0.2, 0.25) is 36.3 Å². The highest BCUT2D eigenvalue weighted by molar-refractivity contribution is 6.74. The molecule has 1 saturated heterocycles. The molecule has 0 aliphatic carbocycles. The van der Waals surface area contributed by atoms with Crippen molar-refractivity contribution in [2.24, 2.45) is 5.16 Å². The Morgan fingerprint density at radius 1 is 1.00 bits per heavy atom. The number of nitrogens with two attached hydrogens (primary N) is 1. The fourth-order valence-corrected chi connectivity index (χ4v) is 6.01. The number of hydrogen-bond acceptors (Lipinski definition) is 9. The smallest absolute Gasteiger partial charge is 0.192 e. The summed E-state index contributed by atoms with van der Waals surface area (Å²) in [5, 5.41) is 12.7. The lowest BCUT2D eigenvalue weighted by Gasteiger charge is -2.43. The average Bonchev–Trinajstić information content (AvgIpc) is 3.23. The Morgan fingerprint density at radius 2 is 1.56 bits per heavy atom. The molecule has 3 heterocycles. The molecular formula is C22H40N6O4Si2. The Balaban J connectivity index is 2.14. The summed E-state index contributed by atoms with van der Waals surface area (Å²) in [5.41, 5.74) is 7.08. The molecule has 10 nitrogen and oxygen atoms in total. The van der Waals surface area contributed by atoms with Gasteiger partial charge in [-0.25, -0.2) is 15.0 Å². The molecule has 1 aliphatic rings. The lowest BCUT2D eigenvalue weighted by atomic mass is 10.1. The van der Waals surface area contributed by atoms with Crippen molar-refractivity contribution < 1.29 is 18.8 Å². The second-order valence-corrected chi connectivity index (χ2v) is 21.5. The van der Waals surface area contributed by atoms with Crippen LogP contribution in [0.3, 0.4) is 0 Å². The number of anilines is 1. The maximum atomic E-state index is 9.43. The van der Waals surface area contributed by atoms with Crippen LogP contribution in [0.15, 0.2) is 17.8 Å². The summed E-state index contributed by atoms with van der Waals surface area (Å²) < 4.78 is 22.1. The van der Waals surface area contributed by atoms with Crippen molar-refractivity contribution in [3.8, 4) is 0 Å². The zero-order chi connectivity index (χ0) is 25.7. The van der Waals surface area contributed by atoms with E-state index in [-0.39, 0.29) is 10.1 Å². The first-order chi connectivity index (χ1) is 15.5. The van der Waals surface area contributed by atoms with Crippen molar-refractivity contribution in [1.82, 2.24) is 19.5 Å². The van der Waals surface area contributed by atoms with Gasteiger partial charge in [0.2, 0.25) is 0 Å². The van der Waals surface area contributed by atoms with E-state index in [9.17, 15) is 5.21 Å². The number of ether oxygens (including phenoxy) is 1. The van der Waals surface area contributed by atoms with Crippen LogP contribution in [0.25, 0.3) is 11.2 Å². The van der Waals surface area contributed by atoms with Crippen molar-refractivity contribution in [1.29, 1.82) is 0 Å². The van der Waals surface area contributed by atoms with Gasteiger partial charge in [0.25, 0.3) is 0 Å². The average molecular weight is 509 g/mol. The van der Waals surface area contributed by atoms with Gasteiger partial charge in [0.1, 0.15) is 30.2 Å². The molecule has 0 aromatic carbocycles. The third kappa shape index (κ3) is 4.92. The van der Waals surface area contributed by atoms with Gasteiger partial charge in [-0.15, -0.1) is 0 Å². The highest BCUT2D eigenvalue weighted by Crippen LogP contribution is 2.45. The highest BCUT2D eigenvalue weighted by Gasteiger charge is 2.54. The molecule has 1 fully saturated rings. The van der Waals surface area contributed by atoms with E-state index < -0.39 is 41.2 Å². The fourth-order valence-electron chi connectivity index (χ4n) is 3.42. The Kier molecular flexibility index (Phi) is 7.05. The van der Waals surface area contributed by atoms with E-state index in [2.05, 4.69) is 87.8 Å². The molecule has 0 saturated carbocycles. The monoisotopic (exact) mass is 508 g/mol. The third-order valence-corrected chi connectivity index (χ3v) is 16.5. The molecule has 0 bridgehead atoms. The first kappa shape index (κ1) is 26.7. The summed E-state index contributed by atoms with van der Waals surface area (Å²) in [7, 11) is -4.50. The van der Waals surface area contributed by atoms with Crippen molar-refractivity contribution in [3.63, 3.8) is 0 Å². The largest absolute Gasteiger partial charge is 0.411 e. The van der Waals surface area contributed by atoms with Crippen LogP contribution in [0.1, 0.15) is 47.8 Å². The maximum absolute atomic E-state index is 9.43. The van der Waals surface area contributed by atoms with Crippen LogP contribution >= 0.6 is 0 Å². The summed E-state index contributed by atoms with van der Waals surface area (Å²) >= 11 is 0. The van der Waals surface area contributed by atoms with Gasteiger partial charge in [-0.1, -0.05) is 46.7 Å². The molecule has 12 heteroatoms. The van der Waals surface area contributed by atoms with Gasteiger partial charge in [-0.2, -0.15) is 0 Å². The first-order valence-electron chi connectivity index (χ1n) is 11.6. The molecule has 34 heavy (non-hydrogen) atoms. The fraction of sp³-hybridized carbons (Fsp3) is 0.727. The van der Waals surface area contributed by atoms with Gasteiger partial charge in [0.05, 0.1) is 12.5 Å². The van der Waals surface area contributed by atoms with Crippen LogP contribution in [0.4, 0.5) is 5.82 Å². The van der Waals surface area contributed by atoms with E-state index in [4.69, 9.17) is 19.3 Å². The summed E-state index contributed by atoms with van der Waals surface area (Å²) in [6.45, 7) is 21.9. The molecule has 2 aromatic heterocycles. The number of nitrogen functional groups attached to an aromatic ring is 1. The molecule has 0 radical (unpaired) electrons. The van der Waals surface area contributed by atoms with E-state index in [0.29, 0.717) is 17.0 Å². The summed E-state index contributed by atoms with van der Waals surface area (Å²) in [6.07, 6.45) is 2.25. The summed E-state index contributed by atoms with van der Waals surface area (Å²) in [6, 6.07) is 0. The van der Waals surface area contributed by atoms with E-state index >= 15 is 0 Å². The van der Waals surface area contributed by atoms with Crippen LogP contribution in [-0.2, 0) is 13.6 Å². The zero-order valence-electron chi connectivity index (χ0n) is 22.0. The standard InChI is InChI=1S/C22H40N6O4Si2/c1-21(2,3)33(7,8)31-16-14(11-27-29)30-20(17(16)32-34(9,10)22(4,5)6)28-13-26-15-18(23)24-12-25-19(15)28/h11-14,16-17,20,29H,1-10H3,(H2,23,24,25)/b27-11-. The zero-order valence-corrected chi connectivity index (χ0v) is 24.0. The molecule has 3 N–H and O–H groups in total. The second-order valence-electron chi connectivity index (χ2n) is 12.0. The van der Waals surface area contributed by atoms with E-state index in [1.54, 1.807) is 6.33 Å². The quantitative estimate of drug-likeness (QED) is 0.252. The molecule has 4 atom stereocenters. The Hall–Kier alpha value is -1.87. The first-order valence-corrected chi connectivity index (χ1v) is 17.4. The maximum Gasteiger partial charge on any atom is 0.192 e. The number of aromatic nitrogens is 4. The van der Waals surface area contributed by atoms with Crippen molar-refractivity contribution in [2.45, 2.75) is 102 Å². The number of oxime groups is 1. The highest BCUT2D eigenvalue weighted by atomic mass is 28.4. The van der Waals surface area contributed by atoms with Gasteiger partial charge in [0.15, 0.2) is 34.3 Å². The van der Waals surface area contributed by atoms with E-state index in [1.165, 1.54) is 12.5 Å². The van der Waals surface area contributed by atoms with Crippen LogP contribution < -0.4 is 5.73 Å². The Labute approximate surface area is 204 Å². The van der Waals surface area contributed by atoms with Gasteiger partial charge < -0.3 is 24.5 Å². The molecule has 4 unspecified atom stereocenters. The second kappa shape index (κ2) is 8.97. The number of nitrogens with zero attached hydrogens (tertiary/aromatic N) is 5. The molecule has 0 spiro atoms. The summed E-state index contributed by atoms with van der Waals surface area (Å²) in [4.78, 5) is 12.9. The van der Waals surface area contributed by atoms with Gasteiger partial charge in [0, 0.05) is 0 Å². The molecule has 1 aliphatic heterocycles. The van der Waals surface area contributed by atoms with Crippen LogP contribution in [-0.4, -0.2) is 65.9 Å². The molecule has 0 amide bonds. The van der Waals surface area contributed by atoms with Crippen LogP contribution in [0.5, 0.6) is 0 Å². The predicted molar refractivity (Wildman–Crippen MR) is 138 cm³/mol. The minimum absolute atomic E-state index is 0.0309. The van der Waals surface area contributed by atoms with E-state index in [1.807, 2.05) is 4.57 Å². The molecular weight excluding hydrogens is 468 g/mol. The molecule has 3 rings (SSSR count). The molecule has 190 valence electrons. The van der Waals surface area contributed by atoms with E-state index in [0.717, 1.165) is 0 Å². The normalized spacial score (nSPS) is 25.0. The molecule has 2 aromatic rings. The van der Waals surface area contributed by atoms with Gasteiger partial charge in [-0.05, 0) is 36.3 Å². The van der Waals surface area contributed by atoms with Crippen molar-refractivity contribution in [3.05, 3.63) is 12.7 Å². The summed E-state index contributed by atoms with van der Waals surface area (Å²) in [5.74, 6) is 0.297.